The van der Waals surface area contributed by atoms with Crippen LogP contribution in [0.2, 0.25) is 0 Å². The van der Waals surface area contributed by atoms with Crippen LogP contribution in [0.15, 0.2) is 12.7 Å². The highest BCUT2D eigenvalue weighted by molar-refractivity contribution is 5.90. The van der Waals surface area contributed by atoms with Crippen LogP contribution in [0, 0.1) is 5.92 Å². The molecule has 0 aromatic rings. The van der Waals surface area contributed by atoms with E-state index in [-0.39, 0.29) is 24.3 Å². The molecule has 0 radical (unpaired) electrons. The molecule has 0 unspecified atom stereocenters. The quantitative estimate of drug-likeness (QED) is 0.700. The molecular formula is C17H24F3N3O4. The van der Waals surface area contributed by atoms with Crippen LogP contribution in [0.4, 0.5) is 13.2 Å². The third-order valence-electron chi connectivity index (χ3n) is 4.99. The van der Waals surface area contributed by atoms with Gasteiger partial charge in [-0.25, -0.2) is 0 Å². The van der Waals surface area contributed by atoms with Gasteiger partial charge in [0.25, 0.3) is 0 Å². The lowest BCUT2D eigenvalue weighted by Gasteiger charge is -2.36. The third-order valence-corrected chi connectivity index (χ3v) is 4.99. The van der Waals surface area contributed by atoms with Crippen molar-refractivity contribution in [3.8, 4) is 0 Å². The Morgan fingerprint density at radius 1 is 1.26 bits per heavy atom. The molecular weight excluding hydrogens is 367 g/mol. The molecule has 2 saturated heterocycles. The van der Waals surface area contributed by atoms with Crippen molar-refractivity contribution in [3.05, 3.63) is 12.7 Å². The van der Waals surface area contributed by atoms with Gasteiger partial charge in [0, 0.05) is 26.7 Å². The van der Waals surface area contributed by atoms with Crippen molar-refractivity contribution in [1.82, 2.24) is 15.1 Å². The number of likely N-dealkylation sites (N-methyl/N-ethyl adjacent to an activating group) is 1. The molecule has 2 fully saturated rings. The van der Waals surface area contributed by atoms with Gasteiger partial charge in [-0.05, 0) is 31.3 Å². The first kappa shape index (κ1) is 21.2. The minimum absolute atomic E-state index is 0.0392. The molecule has 152 valence electrons. The largest absolute Gasteiger partial charge is 0.471 e. The van der Waals surface area contributed by atoms with Crippen molar-refractivity contribution in [2.45, 2.75) is 37.6 Å². The van der Waals surface area contributed by atoms with E-state index in [1.807, 2.05) is 5.32 Å². The highest BCUT2D eigenvalue weighted by atomic mass is 19.4. The summed E-state index contributed by atoms with van der Waals surface area (Å²) in [7, 11) is 1.51. The van der Waals surface area contributed by atoms with Gasteiger partial charge in [-0.2, -0.15) is 13.2 Å². The number of nitrogens with zero attached hydrogens (tertiary/aromatic N) is 2. The number of halogens is 3. The molecule has 2 heterocycles. The second-order valence-electron chi connectivity index (χ2n) is 6.82. The first-order valence-electron chi connectivity index (χ1n) is 8.78. The van der Waals surface area contributed by atoms with Gasteiger partial charge in [-0.1, -0.05) is 6.58 Å². The molecule has 1 N–H and O–H groups in total. The molecule has 2 atom stereocenters. The molecule has 0 aromatic carbocycles. The lowest BCUT2D eigenvalue weighted by atomic mass is 9.87. The lowest BCUT2D eigenvalue weighted by molar-refractivity contribution is -0.175. The van der Waals surface area contributed by atoms with Crippen LogP contribution in [0.1, 0.15) is 19.3 Å². The van der Waals surface area contributed by atoms with Crippen molar-refractivity contribution < 1.29 is 32.3 Å². The summed E-state index contributed by atoms with van der Waals surface area (Å²) < 4.78 is 43.0. The highest BCUT2D eigenvalue weighted by Gasteiger charge is 2.44. The summed E-state index contributed by atoms with van der Waals surface area (Å²) in [6.45, 7) is 4.46. The van der Waals surface area contributed by atoms with Crippen molar-refractivity contribution in [3.63, 3.8) is 0 Å². The van der Waals surface area contributed by atoms with Gasteiger partial charge in [0.15, 0.2) is 0 Å². The number of likely N-dealkylation sites (tertiary alicyclic amines) is 1. The van der Waals surface area contributed by atoms with E-state index in [0.29, 0.717) is 39.0 Å². The van der Waals surface area contributed by atoms with Gasteiger partial charge < -0.3 is 19.9 Å². The summed E-state index contributed by atoms with van der Waals surface area (Å²) in [5.74, 6) is -2.53. The third kappa shape index (κ3) is 5.44. The molecule has 2 rings (SSSR count). The van der Waals surface area contributed by atoms with E-state index in [0.717, 1.165) is 6.08 Å². The van der Waals surface area contributed by atoms with Crippen LogP contribution in [-0.4, -0.2) is 79.1 Å². The summed E-state index contributed by atoms with van der Waals surface area (Å²) >= 11 is 0. The zero-order valence-electron chi connectivity index (χ0n) is 15.1. The highest BCUT2D eigenvalue weighted by Crippen LogP contribution is 2.30. The monoisotopic (exact) mass is 391 g/mol. The fraction of sp³-hybridized carbons (Fsp3) is 0.706. The van der Waals surface area contributed by atoms with Crippen molar-refractivity contribution >= 4 is 17.7 Å². The summed E-state index contributed by atoms with van der Waals surface area (Å²) in [6, 6.07) is -0.678. The van der Waals surface area contributed by atoms with Gasteiger partial charge >= 0.3 is 12.1 Å². The average Bonchev–Trinajstić information content (AvgIpc) is 3.08. The number of carbonyl (C=O) groups is 3. The Kier molecular flexibility index (Phi) is 6.85. The number of ether oxygens (including phenoxy) is 1. The summed E-state index contributed by atoms with van der Waals surface area (Å²) in [4.78, 5) is 37.8. The summed E-state index contributed by atoms with van der Waals surface area (Å²) in [5.41, 5.74) is 0. The van der Waals surface area contributed by atoms with Crippen LogP contribution in [-0.2, 0) is 19.1 Å². The maximum absolute atomic E-state index is 12.5. The van der Waals surface area contributed by atoms with Gasteiger partial charge in [-0.15, -0.1) is 0 Å². The first-order valence-corrected chi connectivity index (χ1v) is 8.78. The number of piperidine rings is 1. The van der Waals surface area contributed by atoms with E-state index in [9.17, 15) is 27.6 Å². The molecule has 2 aliphatic heterocycles. The molecule has 0 aromatic heterocycles. The van der Waals surface area contributed by atoms with Gasteiger partial charge in [-0.3, -0.25) is 14.4 Å². The minimum Gasteiger partial charge on any atom is -0.376 e. The Balaban J connectivity index is 1.85. The predicted octanol–water partition coefficient (Wildman–Crippen LogP) is 0.705. The Morgan fingerprint density at radius 2 is 1.89 bits per heavy atom. The van der Waals surface area contributed by atoms with Crippen LogP contribution >= 0.6 is 0 Å². The number of hydrogen-bond acceptors (Lipinski definition) is 4. The fourth-order valence-electron chi connectivity index (χ4n) is 3.49. The van der Waals surface area contributed by atoms with Crippen molar-refractivity contribution in [2.75, 3.05) is 33.3 Å². The Hall–Kier alpha value is -2.10. The molecule has 2 aliphatic rings. The second kappa shape index (κ2) is 8.73. The Bertz CT molecular complexity index is 588. The Labute approximate surface area is 155 Å². The van der Waals surface area contributed by atoms with Crippen LogP contribution in [0.25, 0.3) is 0 Å². The van der Waals surface area contributed by atoms with Crippen LogP contribution < -0.4 is 5.32 Å². The summed E-state index contributed by atoms with van der Waals surface area (Å²) in [6.07, 6.45) is -2.81. The maximum Gasteiger partial charge on any atom is 0.471 e. The van der Waals surface area contributed by atoms with E-state index >= 15 is 0 Å². The van der Waals surface area contributed by atoms with Gasteiger partial charge in [0.1, 0.15) is 0 Å². The number of alkyl halides is 3. The lowest BCUT2D eigenvalue weighted by Crippen LogP contribution is -2.51. The topological polar surface area (TPSA) is 79.0 Å². The number of amides is 3. The predicted molar refractivity (Wildman–Crippen MR) is 89.5 cm³/mol. The van der Waals surface area contributed by atoms with Crippen molar-refractivity contribution in [2.24, 2.45) is 5.92 Å². The van der Waals surface area contributed by atoms with Crippen molar-refractivity contribution in [1.29, 1.82) is 0 Å². The van der Waals surface area contributed by atoms with E-state index in [4.69, 9.17) is 4.74 Å². The second-order valence-corrected chi connectivity index (χ2v) is 6.82. The fourth-order valence-corrected chi connectivity index (χ4v) is 3.49. The molecule has 10 heteroatoms. The molecule has 0 saturated carbocycles. The zero-order chi connectivity index (χ0) is 20.2. The normalized spacial score (nSPS) is 23.8. The summed E-state index contributed by atoms with van der Waals surface area (Å²) in [5, 5.41) is 2.02. The SMILES string of the molecule is C=CC(=O)N(C)CC(=O)N1CCC([C@@H]2OCC[C@H]2NC(=O)C(F)(F)F)CC1. The van der Waals surface area contributed by atoms with E-state index in [1.54, 1.807) is 4.90 Å². The van der Waals surface area contributed by atoms with Crippen LogP contribution in [0.5, 0.6) is 0 Å². The standard InChI is InChI=1S/C17H24F3N3O4/c1-3-13(24)22(2)10-14(25)23-7-4-11(5-8-23)15-12(6-9-27-15)21-16(26)17(18,19)20/h3,11-12,15H,1,4-10H2,2H3,(H,21,26)/t12-,15+/m1/s1. The molecule has 3 amide bonds. The molecule has 7 nitrogen and oxygen atoms in total. The number of nitrogens with one attached hydrogen (secondary N) is 1. The molecule has 0 bridgehead atoms. The van der Waals surface area contributed by atoms with Gasteiger partial charge in [0.2, 0.25) is 11.8 Å². The molecule has 0 spiro atoms. The molecule has 27 heavy (non-hydrogen) atoms. The molecule has 0 aliphatic carbocycles. The van der Waals surface area contributed by atoms with E-state index < -0.39 is 24.2 Å². The maximum atomic E-state index is 12.5. The minimum atomic E-state index is -4.92. The number of carbonyl (C=O) groups excluding carboxylic acids is 3. The first-order chi connectivity index (χ1) is 12.6. The average molecular weight is 391 g/mol. The number of rotatable bonds is 5. The van der Waals surface area contributed by atoms with Gasteiger partial charge in [0.05, 0.1) is 18.7 Å². The van der Waals surface area contributed by atoms with E-state index in [2.05, 4.69) is 6.58 Å². The smallest absolute Gasteiger partial charge is 0.376 e. The van der Waals surface area contributed by atoms with Crippen LogP contribution in [0.3, 0.4) is 0 Å². The van der Waals surface area contributed by atoms with E-state index in [1.165, 1.54) is 11.9 Å². The number of hydrogen-bond donors (Lipinski definition) is 1. The zero-order valence-corrected chi connectivity index (χ0v) is 15.1. The Morgan fingerprint density at radius 3 is 2.44 bits per heavy atom.